The second kappa shape index (κ2) is 6.08. The molecule has 0 radical (unpaired) electrons. The fourth-order valence-electron chi connectivity index (χ4n) is 2.59. The minimum Gasteiger partial charge on any atom is -0.345 e. The molecule has 0 atom stereocenters. The maximum Gasteiger partial charge on any atom is 0.254 e. The number of carbonyl (C=O) groups is 1. The van der Waals surface area contributed by atoms with Gasteiger partial charge in [0.15, 0.2) is 0 Å². The normalized spacial score (nSPS) is 26.3. The third-order valence-electron chi connectivity index (χ3n) is 4.04. The van der Waals surface area contributed by atoms with E-state index in [0.717, 1.165) is 37.8 Å². The van der Waals surface area contributed by atoms with Crippen molar-refractivity contribution in [3.63, 3.8) is 0 Å². The molecule has 5 heteroatoms. The zero-order valence-electron chi connectivity index (χ0n) is 11.4. The number of halogens is 3. The fraction of sp³-hybridized carbons (Fsp3) is 0.533. The van der Waals surface area contributed by atoms with Crippen molar-refractivity contribution in [3.8, 4) is 0 Å². The van der Waals surface area contributed by atoms with Gasteiger partial charge in [-0.3, -0.25) is 4.79 Å². The lowest BCUT2D eigenvalue weighted by Gasteiger charge is -2.38. The van der Waals surface area contributed by atoms with Crippen LogP contribution in [0.5, 0.6) is 0 Å². The van der Waals surface area contributed by atoms with Crippen LogP contribution in [-0.2, 0) is 0 Å². The first-order valence-corrected chi connectivity index (χ1v) is 7.33. The molecule has 110 valence electrons. The summed E-state index contributed by atoms with van der Waals surface area (Å²) in [5.74, 6) is -1.16. The van der Waals surface area contributed by atoms with Gasteiger partial charge in [-0.2, -0.15) is 0 Å². The van der Waals surface area contributed by atoms with Gasteiger partial charge in [-0.1, -0.05) is 6.92 Å². The highest BCUT2D eigenvalue weighted by atomic mass is 35.5. The highest BCUT2D eigenvalue weighted by Crippen LogP contribution is 2.33. The van der Waals surface area contributed by atoms with Crippen molar-refractivity contribution in [3.05, 3.63) is 35.4 Å². The highest BCUT2D eigenvalue weighted by molar-refractivity contribution is 6.19. The molecule has 0 aliphatic heterocycles. The summed E-state index contributed by atoms with van der Waals surface area (Å²) in [5.41, 5.74) is -0.624. The van der Waals surface area contributed by atoms with E-state index in [1.807, 2.05) is 0 Å². The summed E-state index contributed by atoms with van der Waals surface area (Å²) in [6.07, 6.45) is 3.54. The number of amides is 1. The van der Waals surface area contributed by atoms with Gasteiger partial charge in [0.05, 0.1) is 11.1 Å². The summed E-state index contributed by atoms with van der Waals surface area (Å²) >= 11 is 6.01. The Morgan fingerprint density at radius 1 is 1.40 bits per heavy atom. The van der Waals surface area contributed by atoms with Crippen LogP contribution in [0.2, 0.25) is 0 Å². The molecule has 1 aromatic rings. The molecule has 1 fully saturated rings. The molecule has 1 aliphatic rings. The van der Waals surface area contributed by atoms with E-state index >= 15 is 0 Å². The molecular formula is C15H18ClF2NO. The Hall–Kier alpha value is -1.16. The quantitative estimate of drug-likeness (QED) is 0.843. The van der Waals surface area contributed by atoms with Crippen molar-refractivity contribution in [2.45, 2.75) is 38.1 Å². The largest absolute Gasteiger partial charge is 0.345 e. The average Bonchev–Trinajstić information content (AvgIpc) is 2.41. The molecule has 1 aromatic carbocycles. The smallest absolute Gasteiger partial charge is 0.254 e. The van der Waals surface area contributed by atoms with Crippen molar-refractivity contribution >= 4 is 17.5 Å². The van der Waals surface area contributed by atoms with Gasteiger partial charge in [0.25, 0.3) is 5.91 Å². The summed E-state index contributed by atoms with van der Waals surface area (Å²) in [6, 6.07) is 2.95. The van der Waals surface area contributed by atoms with Crippen LogP contribution in [0.3, 0.4) is 0 Å². The first-order chi connectivity index (χ1) is 9.46. The maximum atomic E-state index is 13.6. The number of nitrogens with one attached hydrogen (secondary N) is 1. The Morgan fingerprint density at radius 3 is 2.60 bits per heavy atom. The number of rotatable bonds is 3. The number of hydrogen-bond acceptors (Lipinski definition) is 1. The first kappa shape index (κ1) is 15.2. The molecule has 1 N–H and O–H groups in total. The molecule has 0 unspecified atom stereocenters. The molecule has 2 rings (SSSR count). The molecule has 20 heavy (non-hydrogen) atoms. The van der Waals surface area contributed by atoms with Crippen LogP contribution in [0.15, 0.2) is 18.2 Å². The van der Waals surface area contributed by atoms with Gasteiger partial charge < -0.3 is 5.32 Å². The summed E-state index contributed by atoms with van der Waals surface area (Å²) in [6.45, 7) is 2.17. The minimum atomic E-state index is -0.851. The molecule has 0 aromatic heterocycles. The molecule has 1 saturated carbocycles. The Bertz CT molecular complexity index is 499. The molecule has 0 saturated heterocycles. The van der Waals surface area contributed by atoms with Crippen LogP contribution in [-0.4, -0.2) is 17.3 Å². The van der Waals surface area contributed by atoms with E-state index in [1.165, 1.54) is 0 Å². The van der Waals surface area contributed by atoms with E-state index in [0.29, 0.717) is 17.9 Å². The second-order valence-electron chi connectivity index (χ2n) is 5.67. The van der Waals surface area contributed by atoms with Crippen molar-refractivity contribution in [1.82, 2.24) is 5.32 Å². The number of benzene rings is 1. The van der Waals surface area contributed by atoms with Gasteiger partial charge in [-0.15, -0.1) is 11.6 Å². The molecule has 0 bridgehead atoms. The third-order valence-corrected chi connectivity index (χ3v) is 4.55. The van der Waals surface area contributed by atoms with Gasteiger partial charge in [0, 0.05) is 11.9 Å². The van der Waals surface area contributed by atoms with Crippen LogP contribution in [0.25, 0.3) is 0 Å². The summed E-state index contributed by atoms with van der Waals surface area (Å²) in [7, 11) is 0. The zero-order chi connectivity index (χ0) is 14.8. The van der Waals surface area contributed by atoms with Gasteiger partial charge >= 0.3 is 0 Å². The lowest BCUT2D eigenvalue weighted by Crippen LogP contribution is -2.52. The Labute approximate surface area is 122 Å². The summed E-state index contributed by atoms with van der Waals surface area (Å²) in [5, 5.41) is 2.85. The first-order valence-electron chi connectivity index (χ1n) is 6.79. The molecule has 0 spiro atoms. The van der Waals surface area contributed by atoms with Gasteiger partial charge in [0.1, 0.15) is 11.6 Å². The standard InChI is InChI=1S/C15H18ClF2NO/c1-10-4-6-15(9-16,7-5-10)19-14(20)12-3-2-11(17)8-13(12)18/h2-3,8,10H,4-7,9H2,1H3,(H,19,20). The van der Waals surface area contributed by atoms with Gasteiger partial charge in [-0.05, 0) is 43.7 Å². The van der Waals surface area contributed by atoms with Crippen LogP contribution in [0.4, 0.5) is 8.78 Å². The summed E-state index contributed by atoms with van der Waals surface area (Å²) in [4.78, 5) is 12.2. The minimum absolute atomic E-state index is 0.144. The molecule has 2 nitrogen and oxygen atoms in total. The maximum absolute atomic E-state index is 13.6. The van der Waals surface area contributed by atoms with E-state index in [-0.39, 0.29) is 5.56 Å². The predicted octanol–water partition coefficient (Wildman–Crippen LogP) is 3.88. The SMILES string of the molecule is CC1CCC(CCl)(NC(=O)c2ccc(F)cc2F)CC1. The van der Waals surface area contributed by atoms with Crippen molar-refractivity contribution in [2.75, 3.05) is 5.88 Å². The number of carbonyl (C=O) groups excluding carboxylic acids is 1. The number of hydrogen-bond donors (Lipinski definition) is 1. The van der Waals surface area contributed by atoms with Gasteiger partial charge in [-0.25, -0.2) is 8.78 Å². The van der Waals surface area contributed by atoms with E-state index in [4.69, 9.17) is 11.6 Å². The lowest BCUT2D eigenvalue weighted by molar-refractivity contribution is 0.0868. The molecule has 0 heterocycles. The van der Waals surface area contributed by atoms with Crippen molar-refractivity contribution < 1.29 is 13.6 Å². The third kappa shape index (κ3) is 3.29. The second-order valence-corrected chi connectivity index (χ2v) is 5.94. The molecule has 1 aliphatic carbocycles. The van der Waals surface area contributed by atoms with E-state index < -0.39 is 23.1 Å². The lowest BCUT2D eigenvalue weighted by atomic mass is 9.78. The fourth-order valence-corrected chi connectivity index (χ4v) is 2.92. The number of alkyl halides is 1. The van der Waals surface area contributed by atoms with E-state index in [2.05, 4.69) is 12.2 Å². The summed E-state index contributed by atoms with van der Waals surface area (Å²) < 4.78 is 26.5. The Morgan fingerprint density at radius 2 is 2.05 bits per heavy atom. The van der Waals surface area contributed by atoms with Crippen LogP contribution in [0.1, 0.15) is 43.0 Å². The molecular weight excluding hydrogens is 284 g/mol. The zero-order valence-corrected chi connectivity index (χ0v) is 12.1. The predicted molar refractivity (Wildman–Crippen MR) is 74.9 cm³/mol. The Kier molecular flexibility index (Phi) is 4.63. The van der Waals surface area contributed by atoms with Gasteiger partial charge in [0.2, 0.25) is 0 Å². The van der Waals surface area contributed by atoms with E-state index in [1.54, 1.807) is 0 Å². The van der Waals surface area contributed by atoms with Crippen LogP contribution < -0.4 is 5.32 Å². The highest BCUT2D eigenvalue weighted by Gasteiger charge is 2.35. The average molecular weight is 302 g/mol. The van der Waals surface area contributed by atoms with Crippen molar-refractivity contribution in [2.24, 2.45) is 5.92 Å². The van der Waals surface area contributed by atoms with Crippen LogP contribution in [0, 0.1) is 17.6 Å². The van der Waals surface area contributed by atoms with E-state index in [9.17, 15) is 13.6 Å². The topological polar surface area (TPSA) is 29.1 Å². The van der Waals surface area contributed by atoms with Crippen LogP contribution >= 0.6 is 11.6 Å². The molecule has 1 amide bonds. The monoisotopic (exact) mass is 301 g/mol. The van der Waals surface area contributed by atoms with Crippen molar-refractivity contribution in [1.29, 1.82) is 0 Å². The Balaban J connectivity index is 2.13.